The number of benzene rings is 1. The van der Waals surface area contributed by atoms with Gasteiger partial charge in [0.2, 0.25) is 0 Å². The third-order valence-electron chi connectivity index (χ3n) is 3.14. The van der Waals surface area contributed by atoms with Gasteiger partial charge in [0.15, 0.2) is 0 Å². The maximum absolute atomic E-state index is 12.3. The lowest BCUT2D eigenvalue weighted by atomic mass is 10.1. The fourth-order valence-electron chi connectivity index (χ4n) is 1.92. The molecule has 0 fully saturated rings. The molecule has 0 aromatic heterocycles. The Bertz CT molecular complexity index is 543. The molecule has 0 heterocycles. The summed E-state index contributed by atoms with van der Waals surface area (Å²) in [5.41, 5.74) is 0.861. The van der Waals surface area contributed by atoms with Gasteiger partial charge in [0.25, 0.3) is 11.8 Å². The van der Waals surface area contributed by atoms with Crippen LogP contribution in [0.25, 0.3) is 0 Å². The van der Waals surface area contributed by atoms with Gasteiger partial charge in [0.1, 0.15) is 0 Å². The van der Waals surface area contributed by atoms with Gasteiger partial charge in [-0.25, -0.2) is 0 Å². The van der Waals surface area contributed by atoms with Gasteiger partial charge in [0, 0.05) is 37.7 Å². The zero-order valence-corrected chi connectivity index (χ0v) is 13.0. The van der Waals surface area contributed by atoms with Crippen molar-refractivity contribution in [3.63, 3.8) is 0 Å². The second-order valence-electron chi connectivity index (χ2n) is 5.06. The smallest absolute Gasteiger partial charge is 0.303 e. The Kier molecular flexibility index (Phi) is 7.08. The molecule has 0 spiro atoms. The second kappa shape index (κ2) is 8.81. The van der Waals surface area contributed by atoms with E-state index in [9.17, 15) is 14.4 Å². The van der Waals surface area contributed by atoms with Gasteiger partial charge in [-0.2, -0.15) is 0 Å². The molecule has 2 amide bonds. The minimum absolute atomic E-state index is 0.0249. The molecular formula is C16H22N2O4. The van der Waals surface area contributed by atoms with E-state index in [1.807, 2.05) is 6.92 Å². The summed E-state index contributed by atoms with van der Waals surface area (Å²) in [7, 11) is 1.62. The molecule has 1 aromatic rings. The van der Waals surface area contributed by atoms with Crippen molar-refractivity contribution < 1.29 is 19.5 Å². The summed E-state index contributed by atoms with van der Waals surface area (Å²) in [6, 6.07) is 6.53. The second-order valence-corrected chi connectivity index (χ2v) is 5.06. The number of carbonyl (C=O) groups is 3. The normalized spacial score (nSPS) is 10.1. The predicted octanol–water partition coefficient (Wildman–Crippen LogP) is 1.76. The van der Waals surface area contributed by atoms with Crippen LogP contribution in [-0.2, 0) is 4.79 Å². The van der Waals surface area contributed by atoms with Crippen LogP contribution in [-0.4, -0.2) is 47.9 Å². The Morgan fingerprint density at radius 2 is 1.91 bits per heavy atom. The highest BCUT2D eigenvalue weighted by Crippen LogP contribution is 2.09. The molecule has 0 radical (unpaired) electrons. The lowest BCUT2D eigenvalue weighted by Crippen LogP contribution is -2.29. The first kappa shape index (κ1) is 17.7. The predicted molar refractivity (Wildman–Crippen MR) is 82.9 cm³/mol. The molecule has 1 rings (SSSR count). The molecule has 0 aliphatic rings. The van der Waals surface area contributed by atoms with Crippen molar-refractivity contribution >= 4 is 17.8 Å². The lowest BCUT2D eigenvalue weighted by molar-refractivity contribution is -0.137. The molecule has 2 N–H and O–H groups in total. The van der Waals surface area contributed by atoms with Crippen LogP contribution in [0.5, 0.6) is 0 Å². The van der Waals surface area contributed by atoms with Gasteiger partial charge in [-0.3, -0.25) is 14.4 Å². The van der Waals surface area contributed by atoms with E-state index in [-0.39, 0.29) is 18.2 Å². The number of carboxylic acid groups (broad SMARTS) is 1. The summed E-state index contributed by atoms with van der Waals surface area (Å²) in [6.07, 6.45) is 1.27. The van der Waals surface area contributed by atoms with E-state index in [0.717, 1.165) is 6.42 Å². The minimum Gasteiger partial charge on any atom is -0.481 e. The van der Waals surface area contributed by atoms with Crippen molar-refractivity contribution in [3.05, 3.63) is 35.4 Å². The fraction of sp³-hybridized carbons (Fsp3) is 0.438. The molecule has 0 atom stereocenters. The highest BCUT2D eigenvalue weighted by Gasteiger charge is 2.14. The summed E-state index contributed by atoms with van der Waals surface area (Å²) < 4.78 is 0. The van der Waals surface area contributed by atoms with Gasteiger partial charge >= 0.3 is 5.97 Å². The van der Waals surface area contributed by atoms with E-state index in [1.165, 1.54) is 4.90 Å². The molecule has 22 heavy (non-hydrogen) atoms. The summed E-state index contributed by atoms with van der Waals surface area (Å²) in [6.45, 7) is 2.91. The standard InChI is InChI=1S/C16H22N2O4/c1-3-9-17-15(21)12-6-4-7-13(11-12)16(22)18(2)10-5-8-14(19)20/h4,6-7,11H,3,5,8-10H2,1-2H3,(H,17,21)(H,19,20). The average molecular weight is 306 g/mol. The minimum atomic E-state index is -0.879. The van der Waals surface area contributed by atoms with Crippen LogP contribution in [0.2, 0.25) is 0 Å². The van der Waals surface area contributed by atoms with Crippen LogP contribution in [0.3, 0.4) is 0 Å². The molecule has 6 nitrogen and oxygen atoms in total. The van der Waals surface area contributed by atoms with Crippen molar-refractivity contribution in [1.82, 2.24) is 10.2 Å². The van der Waals surface area contributed by atoms with E-state index in [1.54, 1.807) is 31.3 Å². The lowest BCUT2D eigenvalue weighted by Gasteiger charge is -2.17. The van der Waals surface area contributed by atoms with Crippen molar-refractivity contribution in [2.75, 3.05) is 20.1 Å². The number of carbonyl (C=O) groups excluding carboxylic acids is 2. The summed E-state index contributed by atoms with van der Waals surface area (Å²) >= 11 is 0. The Morgan fingerprint density at radius 1 is 1.23 bits per heavy atom. The number of aliphatic carboxylic acids is 1. The van der Waals surface area contributed by atoms with Crippen LogP contribution >= 0.6 is 0 Å². The number of amides is 2. The van der Waals surface area contributed by atoms with E-state index in [4.69, 9.17) is 5.11 Å². The van der Waals surface area contributed by atoms with Crippen molar-refractivity contribution in [3.8, 4) is 0 Å². The molecule has 1 aromatic carbocycles. The van der Waals surface area contributed by atoms with Crippen molar-refractivity contribution in [2.24, 2.45) is 0 Å². The molecule has 0 bridgehead atoms. The molecular weight excluding hydrogens is 284 g/mol. The summed E-state index contributed by atoms with van der Waals surface area (Å²) in [5, 5.41) is 11.4. The van der Waals surface area contributed by atoms with Crippen LogP contribution in [0, 0.1) is 0 Å². The van der Waals surface area contributed by atoms with Crippen molar-refractivity contribution in [2.45, 2.75) is 26.2 Å². The molecule has 0 unspecified atom stereocenters. The van der Waals surface area contributed by atoms with Gasteiger partial charge in [-0.1, -0.05) is 13.0 Å². The first-order valence-corrected chi connectivity index (χ1v) is 7.31. The zero-order chi connectivity index (χ0) is 16.5. The molecule has 0 saturated heterocycles. The maximum atomic E-state index is 12.3. The largest absolute Gasteiger partial charge is 0.481 e. The van der Waals surface area contributed by atoms with Gasteiger partial charge in [-0.15, -0.1) is 0 Å². The van der Waals surface area contributed by atoms with Crippen LogP contribution < -0.4 is 5.32 Å². The van der Waals surface area contributed by atoms with E-state index in [0.29, 0.717) is 30.6 Å². The van der Waals surface area contributed by atoms with Crippen molar-refractivity contribution in [1.29, 1.82) is 0 Å². The van der Waals surface area contributed by atoms with Gasteiger partial charge in [-0.05, 0) is 31.0 Å². The average Bonchev–Trinajstić information content (AvgIpc) is 2.51. The summed E-state index contributed by atoms with van der Waals surface area (Å²) in [5.74, 6) is -1.31. The number of hydrogen-bond donors (Lipinski definition) is 2. The Labute approximate surface area is 130 Å². The van der Waals surface area contributed by atoms with E-state index >= 15 is 0 Å². The Balaban J connectivity index is 2.69. The highest BCUT2D eigenvalue weighted by atomic mass is 16.4. The van der Waals surface area contributed by atoms with E-state index < -0.39 is 5.97 Å². The quantitative estimate of drug-likeness (QED) is 0.766. The molecule has 6 heteroatoms. The number of nitrogens with one attached hydrogen (secondary N) is 1. The van der Waals surface area contributed by atoms with Gasteiger partial charge in [0.05, 0.1) is 0 Å². The molecule has 0 aliphatic heterocycles. The molecule has 0 saturated carbocycles. The monoisotopic (exact) mass is 306 g/mol. The maximum Gasteiger partial charge on any atom is 0.303 e. The first-order valence-electron chi connectivity index (χ1n) is 7.31. The third kappa shape index (κ3) is 5.55. The number of carboxylic acids is 1. The fourth-order valence-corrected chi connectivity index (χ4v) is 1.92. The van der Waals surface area contributed by atoms with Crippen LogP contribution in [0.1, 0.15) is 46.9 Å². The Hall–Kier alpha value is -2.37. The topological polar surface area (TPSA) is 86.7 Å². The van der Waals surface area contributed by atoms with Gasteiger partial charge < -0.3 is 15.3 Å². The molecule has 120 valence electrons. The van der Waals surface area contributed by atoms with Crippen LogP contribution in [0.4, 0.5) is 0 Å². The zero-order valence-electron chi connectivity index (χ0n) is 13.0. The SMILES string of the molecule is CCCNC(=O)c1cccc(C(=O)N(C)CCCC(=O)O)c1. The number of hydrogen-bond acceptors (Lipinski definition) is 3. The Morgan fingerprint density at radius 3 is 2.55 bits per heavy atom. The first-order chi connectivity index (χ1) is 10.5. The van der Waals surface area contributed by atoms with E-state index in [2.05, 4.69) is 5.32 Å². The third-order valence-corrected chi connectivity index (χ3v) is 3.14. The number of nitrogens with zero attached hydrogens (tertiary/aromatic N) is 1. The van der Waals surface area contributed by atoms with Crippen LogP contribution in [0.15, 0.2) is 24.3 Å². The highest BCUT2D eigenvalue weighted by molar-refractivity contribution is 5.99. The molecule has 0 aliphatic carbocycles. The summed E-state index contributed by atoms with van der Waals surface area (Å²) in [4.78, 5) is 36.1. The number of rotatable bonds is 8.